The van der Waals surface area contributed by atoms with E-state index in [1.54, 1.807) is 13.2 Å². The number of hydrogen-bond donors (Lipinski definition) is 4. The standard InChI is InChI=1S/C19H22N4O3/c1-26-17-10-6-5-9-14(17)11-18(24)22-23-19(25)16-12-15(20-21-16)13-7-3-2-4-8-13/h2-10,15-16,20-21H,11-12H2,1H3,(H,22,24)(H,23,25). The van der Waals surface area contributed by atoms with Crippen molar-refractivity contribution in [3.63, 3.8) is 0 Å². The van der Waals surface area contributed by atoms with E-state index in [0.29, 0.717) is 12.2 Å². The summed E-state index contributed by atoms with van der Waals surface area (Å²) in [5.74, 6) is 0.0408. The predicted molar refractivity (Wildman–Crippen MR) is 96.8 cm³/mol. The summed E-state index contributed by atoms with van der Waals surface area (Å²) in [5, 5.41) is 0. The molecule has 1 aliphatic rings. The van der Waals surface area contributed by atoms with Gasteiger partial charge in [0.2, 0.25) is 5.91 Å². The number of ether oxygens (including phenoxy) is 1. The van der Waals surface area contributed by atoms with Gasteiger partial charge in [-0.1, -0.05) is 48.5 Å². The number of hydrazine groups is 2. The highest BCUT2D eigenvalue weighted by atomic mass is 16.5. The molecular formula is C19H22N4O3. The molecule has 7 nitrogen and oxygen atoms in total. The summed E-state index contributed by atoms with van der Waals surface area (Å²) in [6.07, 6.45) is 0.714. The van der Waals surface area contributed by atoms with E-state index in [1.165, 1.54) is 0 Å². The Hall–Kier alpha value is -2.90. The van der Waals surface area contributed by atoms with Crippen molar-refractivity contribution in [2.45, 2.75) is 24.9 Å². The van der Waals surface area contributed by atoms with E-state index in [2.05, 4.69) is 21.7 Å². The monoisotopic (exact) mass is 354 g/mol. The van der Waals surface area contributed by atoms with Crippen LogP contribution in [-0.2, 0) is 16.0 Å². The molecule has 136 valence electrons. The van der Waals surface area contributed by atoms with E-state index in [0.717, 1.165) is 11.1 Å². The fourth-order valence-corrected chi connectivity index (χ4v) is 2.92. The molecule has 1 aliphatic heterocycles. The average molecular weight is 354 g/mol. The van der Waals surface area contributed by atoms with Crippen molar-refractivity contribution < 1.29 is 14.3 Å². The maximum Gasteiger partial charge on any atom is 0.256 e. The first-order chi connectivity index (χ1) is 12.7. The van der Waals surface area contributed by atoms with Crippen LogP contribution in [0, 0.1) is 0 Å². The Morgan fingerprint density at radius 3 is 2.54 bits per heavy atom. The number of para-hydroxylation sites is 1. The van der Waals surface area contributed by atoms with E-state index >= 15 is 0 Å². The number of rotatable bonds is 5. The first kappa shape index (κ1) is 17.9. The molecule has 0 saturated carbocycles. The molecule has 2 atom stereocenters. The molecule has 2 aromatic carbocycles. The van der Waals surface area contributed by atoms with E-state index in [9.17, 15) is 9.59 Å². The van der Waals surface area contributed by atoms with Crippen molar-refractivity contribution in [2.24, 2.45) is 0 Å². The Morgan fingerprint density at radius 1 is 1.04 bits per heavy atom. The van der Waals surface area contributed by atoms with Crippen molar-refractivity contribution in [1.29, 1.82) is 0 Å². The molecule has 0 bridgehead atoms. The highest BCUT2D eigenvalue weighted by Gasteiger charge is 2.30. The number of carbonyl (C=O) groups excluding carboxylic acids is 2. The summed E-state index contributed by atoms with van der Waals surface area (Å²) in [7, 11) is 1.56. The first-order valence-electron chi connectivity index (χ1n) is 8.44. The molecule has 1 fully saturated rings. The molecule has 0 aliphatic carbocycles. The molecular weight excluding hydrogens is 332 g/mol. The Labute approximate surface area is 152 Å². The SMILES string of the molecule is COc1ccccc1CC(=O)NNC(=O)C1CC(c2ccccc2)NN1. The van der Waals surface area contributed by atoms with Gasteiger partial charge in [-0.15, -0.1) is 0 Å². The highest BCUT2D eigenvalue weighted by Crippen LogP contribution is 2.21. The highest BCUT2D eigenvalue weighted by molar-refractivity contribution is 5.86. The van der Waals surface area contributed by atoms with E-state index < -0.39 is 6.04 Å². The predicted octanol–water partition coefficient (Wildman–Crippen LogP) is 0.993. The van der Waals surface area contributed by atoms with Crippen LogP contribution in [0.3, 0.4) is 0 Å². The smallest absolute Gasteiger partial charge is 0.256 e. The molecule has 3 rings (SSSR count). The second-order valence-electron chi connectivity index (χ2n) is 6.07. The van der Waals surface area contributed by atoms with Crippen LogP contribution in [0.25, 0.3) is 0 Å². The van der Waals surface area contributed by atoms with Gasteiger partial charge in [-0.2, -0.15) is 0 Å². The summed E-state index contributed by atoms with van der Waals surface area (Å²) < 4.78 is 5.22. The number of nitrogens with one attached hydrogen (secondary N) is 4. The maximum atomic E-state index is 12.2. The van der Waals surface area contributed by atoms with Gasteiger partial charge in [-0.25, -0.2) is 10.9 Å². The Bertz CT molecular complexity index is 766. The van der Waals surface area contributed by atoms with Crippen LogP contribution in [0.1, 0.15) is 23.6 Å². The first-order valence-corrected chi connectivity index (χ1v) is 8.44. The molecule has 1 heterocycles. The van der Waals surface area contributed by atoms with Crippen LogP contribution in [0.2, 0.25) is 0 Å². The largest absolute Gasteiger partial charge is 0.496 e. The summed E-state index contributed by atoms with van der Waals surface area (Å²) in [6.45, 7) is 0. The van der Waals surface area contributed by atoms with E-state index in [4.69, 9.17) is 4.74 Å². The fourth-order valence-electron chi connectivity index (χ4n) is 2.92. The molecule has 4 N–H and O–H groups in total. The van der Waals surface area contributed by atoms with Gasteiger partial charge in [-0.3, -0.25) is 20.4 Å². The Morgan fingerprint density at radius 2 is 1.77 bits per heavy atom. The molecule has 2 aromatic rings. The van der Waals surface area contributed by atoms with Crippen LogP contribution in [0.5, 0.6) is 5.75 Å². The zero-order chi connectivity index (χ0) is 18.4. The van der Waals surface area contributed by atoms with Gasteiger partial charge in [0.1, 0.15) is 11.8 Å². The van der Waals surface area contributed by atoms with Crippen LogP contribution >= 0.6 is 0 Å². The lowest BCUT2D eigenvalue weighted by Gasteiger charge is -2.12. The second-order valence-corrected chi connectivity index (χ2v) is 6.07. The third-order valence-electron chi connectivity index (χ3n) is 4.29. The third kappa shape index (κ3) is 4.38. The van der Waals surface area contributed by atoms with E-state index in [1.807, 2.05) is 48.5 Å². The third-order valence-corrected chi connectivity index (χ3v) is 4.29. The van der Waals surface area contributed by atoms with Crippen LogP contribution in [0.15, 0.2) is 54.6 Å². The lowest BCUT2D eigenvalue weighted by Crippen LogP contribution is -2.50. The number of methoxy groups -OCH3 is 1. The van der Waals surface area contributed by atoms with Gasteiger partial charge in [0.05, 0.1) is 13.5 Å². The van der Waals surface area contributed by atoms with Gasteiger partial charge in [-0.05, 0) is 18.1 Å². The molecule has 0 spiro atoms. The minimum absolute atomic E-state index is 0.0521. The molecule has 7 heteroatoms. The summed E-state index contributed by atoms with van der Waals surface area (Å²) >= 11 is 0. The van der Waals surface area contributed by atoms with E-state index in [-0.39, 0.29) is 24.3 Å². The molecule has 26 heavy (non-hydrogen) atoms. The summed E-state index contributed by atoms with van der Waals surface area (Å²) in [4.78, 5) is 24.3. The summed E-state index contributed by atoms with van der Waals surface area (Å²) in [6, 6.07) is 16.8. The van der Waals surface area contributed by atoms with Gasteiger partial charge in [0.15, 0.2) is 0 Å². The zero-order valence-electron chi connectivity index (χ0n) is 14.5. The van der Waals surface area contributed by atoms with Crippen molar-refractivity contribution >= 4 is 11.8 Å². The molecule has 0 aromatic heterocycles. The number of carbonyl (C=O) groups is 2. The molecule has 1 saturated heterocycles. The fraction of sp³-hybridized carbons (Fsp3) is 0.263. The van der Waals surface area contributed by atoms with Gasteiger partial charge < -0.3 is 4.74 Å². The topological polar surface area (TPSA) is 91.5 Å². The maximum absolute atomic E-state index is 12.2. The zero-order valence-corrected chi connectivity index (χ0v) is 14.5. The average Bonchev–Trinajstić information content (AvgIpc) is 3.17. The van der Waals surface area contributed by atoms with Crippen LogP contribution in [-0.4, -0.2) is 25.0 Å². The van der Waals surface area contributed by atoms with Crippen LogP contribution < -0.4 is 26.4 Å². The van der Waals surface area contributed by atoms with Crippen molar-refractivity contribution in [3.05, 3.63) is 65.7 Å². The van der Waals surface area contributed by atoms with Gasteiger partial charge in [0.25, 0.3) is 5.91 Å². The van der Waals surface area contributed by atoms with Gasteiger partial charge >= 0.3 is 0 Å². The number of hydrogen-bond acceptors (Lipinski definition) is 5. The Balaban J connectivity index is 1.47. The minimum atomic E-state index is -0.424. The number of benzene rings is 2. The normalized spacial score (nSPS) is 19.0. The molecule has 0 radical (unpaired) electrons. The van der Waals surface area contributed by atoms with Crippen LogP contribution in [0.4, 0.5) is 0 Å². The lowest BCUT2D eigenvalue weighted by molar-refractivity contribution is -0.129. The lowest BCUT2D eigenvalue weighted by atomic mass is 10.0. The Kier molecular flexibility index (Phi) is 5.83. The number of amides is 2. The second kappa shape index (κ2) is 8.46. The quantitative estimate of drug-likeness (QED) is 0.601. The minimum Gasteiger partial charge on any atom is -0.496 e. The van der Waals surface area contributed by atoms with Crippen molar-refractivity contribution in [1.82, 2.24) is 21.7 Å². The van der Waals surface area contributed by atoms with Crippen molar-refractivity contribution in [2.75, 3.05) is 7.11 Å². The molecule has 2 unspecified atom stereocenters. The summed E-state index contributed by atoms with van der Waals surface area (Å²) in [5.41, 5.74) is 12.9. The van der Waals surface area contributed by atoms with Gasteiger partial charge in [0, 0.05) is 11.6 Å². The van der Waals surface area contributed by atoms with Crippen molar-refractivity contribution in [3.8, 4) is 5.75 Å². The molecule has 2 amide bonds.